The largest absolute Gasteiger partial charge is 0.347 e. The van der Waals surface area contributed by atoms with E-state index in [4.69, 9.17) is 0 Å². The smallest absolute Gasteiger partial charge is 0.246 e. The summed E-state index contributed by atoms with van der Waals surface area (Å²) in [7, 11) is 0. The molecule has 2 rings (SSSR count). The van der Waals surface area contributed by atoms with Crippen LogP contribution >= 0.6 is 0 Å². The molecule has 1 saturated heterocycles. The van der Waals surface area contributed by atoms with E-state index >= 15 is 0 Å². The number of rotatable bonds is 1. The van der Waals surface area contributed by atoms with Crippen molar-refractivity contribution >= 4 is 17.5 Å². The van der Waals surface area contributed by atoms with Crippen molar-refractivity contribution in [2.45, 2.75) is 6.42 Å². The van der Waals surface area contributed by atoms with Crippen LogP contribution in [0.3, 0.4) is 0 Å². The first kappa shape index (κ1) is 10.6. The molecule has 0 saturated carbocycles. The Kier molecular flexibility index (Phi) is 2.85. The van der Waals surface area contributed by atoms with Gasteiger partial charge in [0.2, 0.25) is 11.8 Å². The van der Waals surface area contributed by atoms with E-state index in [-0.39, 0.29) is 37.0 Å². The van der Waals surface area contributed by atoms with Crippen LogP contribution in [0.5, 0.6) is 0 Å². The lowest BCUT2D eigenvalue weighted by Gasteiger charge is -2.20. The number of para-hydroxylation sites is 1. The molecule has 5 heteroatoms. The van der Waals surface area contributed by atoms with Crippen molar-refractivity contribution in [3.63, 3.8) is 0 Å². The number of carbonyl (C=O) groups is 2. The summed E-state index contributed by atoms with van der Waals surface area (Å²) in [6.45, 7) is 0.138. The summed E-state index contributed by atoms with van der Waals surface area (Å²) in [4.78, 5) is 24.1. The highest BCUT2D eigenvalue weighted by Gasteiger charge is 2.23. The second-order valence-electron chi connectivity index (χ2n) is 3.52. The summed E-state index contributed by atoms with van der Waals surface area (Å²) in [5, 5.41) is 2.46. The Bertz CT molecular complexity index is 434. The molecule has 0 aromatic heterocycles. The molecule has 4 nitrogen and oxygen atoms in total. The fourth-order valence-corrected chi connectivity index (χ4v) is 1.62. The lowest BCUT2D eigenvalue weighted by atomic mass is 10.2. The van der Waals surface area contributed by atoms with E-state index in [9.17, 15) is 14.0 Å². The lowest BCUT2D eigenvalue weighted by Crippen LogP contribution is -2.35. The molecule has 16 heavy (non-hydrogen) atoms. The van der Waals surface area contributed by atoms with E-state index in [1.165, 1.54) is 17.0 Å². The average Bonchev–Trinajstić information content (AvgIpc) is 2.43. The zero-order valence-electron chi connectivity index (χ0n) is 8.57. The maximum atomic E-state index is 13.5. The second kappa shape index (κ2) is 4.30. The summed E-state index contributed by atoms with van der Waals surface area (Å²) >= 11 is 0. The molecular weight excluding hydrogens is 211 g/mol. The quantitative estimate of drug-likeness (QED) is 0.759. The van der Waals surface area contributed by atoms with E-state index in [2.05, 4.69) is 5.32 Å². The SMILES string of the molecule is O=C1CCN(c2ccccc2F)C(=O)CN1. The summed E-state index contributed by atoms with van der Waals surface area (Å²) in [5.74, 6) is -0.937. The number of carbonyl (C=O) groups excluding carboxylic acids is 2. The molecule has 1 aromatic rings. The van der Waals surface area contributed by atoms with Gasteiger partial charge < -0.3 is 10.2 Å². The van der Waals surface area contributed by atoms with Crippen LogP contribution in [0.15, 0.2) is 24.3 Å². The third kappa shape index (κ3) is 2.03. The van der Waals surface area contributed by atoms with Crippen molar-refractivity contribution in [3.05, 3.63) is 30.1 Å². The van der Waals surface area contributed by atoms with E-state index < -0.39 is 5.82 Å². The monoisotopic (exact) mass is 222 g/mol. The van der Waals surface area contributed by atoms with Gasteiger partial charge in [0.05, 0.1) is 12.2 Å². The minimum Gasteiger partial charge on any atom is -0.347 e. The van der Waals surface area contributed by atoms with E-state index in [0.717, 1.165) is 0 Å². The van der Waals surface area contributed by atoms with E-state index in [1.807, 2.05) is 0 Å². The molecule has 0 bridgehead atoms. The minimum atomic E-state index is -0.454. The van der Waals surface area contributed by atoms with Crippen LogP contribution in [0.2, 0.25) is 0 Å². The van der Waals surface area contributed by atoms with Crippen LogP contribution in [-0.4, -0.2) is 24.9 Å². The Morgan fingerprint density at radius 1 is 1.25 bits per heavy atom. The number of anilines is 1. The minimum absolute atomic E-state index is 0.0762. The zero-order valence-corrected chi connectivity index (χ0v) is 8.57. The van der Waals surface area contributed by atoms with Crippen molar-refractivity contribution in [1.82, 2.24) is 5.32 Å². The average molecular weight is 222 g/mol. The Morgan fingerprint density at radius 3 is 2.75 bits per heavy atom. The van der Waals surface area contributed by atoms with Crippen molar-refractivity contribution in [2.24, 2.45) is 0 Å². The van der Waals surface area contributed by atoms with Crippen molar-refractivity contribution in [1.29, 1.82) is 0 Å². The molecule has 0 atom stereocenters. The molecule has 84 valence electrons. The number of nitrogens with one attached hydrogen (secondary N) is 1. The Hall–Kier alpha value is -1.91. The first-order valence-electron chi connectivity index (χ1n) is 5.00. The summed E-state index contributed by atoms with van der Waals surface area (Å²) in [6, 6.07) is 6.04. The van der Waals surface area contributed by atoms with Gasteiger partial charge in [0, 0.05) is 13.0 Å². The van der Waals surface area contributed by atoms with Crippen molar-refractivity contribution in [3.8, 4) is 0 Å². The molecule has 0 spiro atoms. The van der Waals surface area contributed by atoms with Crippen molar-refractivity contribution < 1.29 is 14.0 Å². The Morgan fingerprint density at radius 2 is 2.00 bits per heavy atom. The fraction of sp³-hybridized carbons (Fsp3) is 0.273. The van der Waals surface area contributed by atoms with Crippen LogP contribution in [0.1, 0.15) is 6.42 Å². The first-order chi connectivity index (χ1) is 7.68. The number of hydrogen-bond donors (Lipinski definition) is 1. The molecule has 1 heterocycles. The highest BCUT2D eigenvalue weighted by atomic mass is 19.1. The van der Waals surface area contributed by atoms with Gasteiger partial charge in [-0.2, -0.15) is 0 Å². The lowest BCUT2D eigenvalue weighted by molar-refractivity contribution is -0.123. The Balaban J connectivity index is 2.29. The molecule has 0 unspecified atom stereocenters. The molecule has 0 radical (unpaired) electrons. The van der Waals surface area contributed by atoms with Crippen LogP contribution in [0.4, 0.5) is 10.1 Å². The zero-order chi connectivity index (χ0) is 11.5. The molecular formula is C11H11FN2O2. The van der Waals surface area contributed by atoms with E-state index in [0.29, 0.717) is 0 Å². The molecule has 2 amide bonds. The molecule has 0 aliphatic carbocycles. The second-order valence-corrected chi connectivity index (χ2v) is 3.52. The number of halogens is 1. The predicted octanol–water partition coefficient (Wildman–Crippen LogP) is 0.679. The standard InChI is InChI=1S/C11H11FN2O2/c12-8-3-1-2-4-9(8)14-6-5-10(15)13-7-11(14)16/h1-4H,5-7H2,(H,13,15). The third-order valence-electron chi connectivity index (χ3n) is 2.44. The molecule has 1 aromatic carbocycles. The van der Waals surface area contributed by atoms with Crippen molar-refractivity contribution in [2.75, 3.05) is 18.0 Å². The van der Waals surface area contributed by atoms with Crippen LogP contribution in [-0.2, 0) is 9.59 Å². The van der Waals surface area contributed by atoms with Crippen LogP contribution in [0, 0.1) is 5.82 Å². The summed E-state index contributed by atoms with van der Waals surface area (Å²) in [6.07, 6.45) is 0.195. The van der Waals surface area contributed by atoms with E-state index in [1.54, 1.807) is 12.1 Å². The Labute approximate surface area is 92.0 Å². The highest BCUT2D eigenvalue weighted by Crippen LogP contribution is 2.19. The van der Waals surface area contributed by atoms with Crippen LogP contribution < -0.4 is 10.2 Å². The third-order valence-corrected chi connectivity index (χ3v) is 2.44. The van der Waals surface area contributed by atoms with Gasteiger partial charge >= 0.3 is 0 Å². The number of benzene rings is 1. The van der Waals surface area contributed by atoms with Gasteiger partial charge in [-0.15, -0.1) is 0 Å². The molecule has 1 aliphatic heterocycles. The van der Waals surface area contributed by atoms with Gasteiger partial charge in [-0.25, -0.2) is 4.39 Å². The highest BCUT2D eigenvalue weighted by molar-refractivity contribution is 5.98. The molecule has 1 N–H and O–H groups in total. The maximum absolute atomic E-state index is 13.5. The van der Waals surface area contributed by atoms with Gasteiger partial charge in [0.1, 0.15) is 5.82 Å². The number of hydrogen-bond acceptors (Lipinski definition) is 2. The van der Waals surface area contributed by atoms with Gasteiger partial charge in [-0.1, -0.05) is 12.1 Å². The van der Waals surface area contributed by atoms with Gasteiger partial charge in [-0.3, -0.25) is 9.59 Å². The number of amides is 2. The van der Waals surface area contributed by atoms with Crippen LogP contribution in [0.25, 0.3) is 0 Å². The number of nitrogens with zero attached hydrogens (tertiary/aromatic N) is 1. The summed E-state index contributed by atoms with van der Waals surface area (Å²) in [5.41, 5.74) is 0.226. The van der Waals surface area contributed by atoms with Gasteiger partial charge in [-0.05, 0) is 12.1 Å². The van der Waals surface area contributed by atoms with Gasteiger partial charge in [0.15, 0.2) is 0 Å². The summed E-state index contributed by atoms with van der Waals surface area (Å²) < 4.78 is 13.5. The normalized spacial score (nSPS) is 16.9. The fourth-order valence-electron chi connectivity index (χ4n) is 1.62. The topological polar surface area (TPSA) is 49.4 Å². The maximum Gasteiger partial charge on any atom is 0.246 e. The first-order valence-corrected chi connectivity index (χ1v) is 5.00. The predicted molar refractivity (Wildman–Crippen MR) is 56.4 cm³/mol. The molecule has 1 fully saturated rings. The molecule has 1 aliphatic rings. The van der Waals surface area contributed by atoms with Gasteiger partial charge in [0.25, 0.3) is 0 Å².